The standard InChI is InChI=1S/C20H25N3O5S/c1-6-28-19(25)16-10-11-17(21-13(16)2)18(24)22-14-8-7-9-15(12-14)29(26,27)23-20(3,4)5/h7-12,23H,6H2,1-5H3,(H,22,24). The molecule has 0 bridgehead atoms. The molecule has 2 aromatic rings. The van der Waals surface area contributed by atoms with E-state index >= 15 is 0 Å². The number of rotatable bonds is 6. The van der Waals surface area contributed by atoms with E-state index in [2.05, 4.69) is 15.0 Å². The highest BCUT2D eigenvalue weighted by molar-refractivity contribution is 7.89. The maximum absolute atomic E-state index is 12.5. The van der Waals surface area contributed by atoms with Crippen molar-refractivity contribution < 1.29 is 22.7 Å². The predicted molar refractivity (Wildman–Crippen MR) is 109 cm³/mol. The number of amides is 1. The van der Waals surface area contributed by atoms with E-state index in [0.29, 0.717) is 11.4 Å². The first-order valence-corrected chi connectivity index (χ1v) is 10.5. The molecule has 1 aromatic carbocycles. The van der Waals surface area contributed by atoms with Gasteiger partial charge in [-0.1, -0.05) is 6.07 Å². The highest BCUT2D eigenvalue weighted by Gasteiger charge is 2.22. The maximum atomic E-state index is 12.5. The van der Waals surface area contributed by atoms with Gasteiger partial charge >= 0.3 is 5.97 Å². The summed E-state index contributed by atoms with van der Waals surface area (Å²) in [6.07, 6.45) is 0. The molecule has 2 rings (SSSR count). The van der Waals surface area contributed by atoms with Gasteiger partial charge in [0.2, 0.25) is 10.0 Å². The Morgan fingerprint density at radius 2 is 1.83 bits per heavy atom. The van der Waals surface area contributed by atoms with Crippen LogP contribution in [0.1, 0.15) is 54.2 Å². The lowest BCUT2D eigenvalue weighted by atomic mass is 10.1. The van der Waals surface area contributed by atoms with Crippen LogP contribution in [0.5, 0.6) is 0 Å². The Bertz CT molecular complexity index is 1030. The summed E-state index contributed by atoms with van der Waals surface area (Å²) in [6, 6.07) is 8.81. The first-order chi connectivity index (χ1) is 13.4. The van der Waals surface area contributed by atoms with E-state index in [1.54, 1.807) is 40.7 Å². The van der Waals surface area contributed by atoms with Gasteiger partial charge in [0.25, 0.3) is 5.91 Å². The van der Waals surface area contributed by atoms with Gasteiger partial charge in [0, 0.05) is 11.2 Å². The van der Waals surface area contributed by atoms with E-state index in [-0.39, 0.29) is 22.8 Å². The molecule has 0 saturated carbocycles. The van der Waals surface area contributed by atoms with E-state index < -0.39 is 27.4 Å². The Hall–Kier alpha value is -2.78. The number of aromatic nitrogens is 1. The molecule has 0 radical (unpaired) electrons. The molecule has 29 heavy (non-hydrogen) atoms. The summed E-state index contributed by atoms with van der Waals surface area (Å²) in [7, 11) is -3.74. The molecule has 2 N–H and O–H groups in total. The first kappa shape index (κ1) is 22.5. The summed E-state index contributed by atoms with van der Waals surface area (Å²) in [5.74, 6) is -1.03. The summed E-state index contributed by atoms with van der Waals surface area (Å²) >= 11 is 0. The molecular weight excluding hydrogens is 394 g/mol. The van der Waals surface area contributed by atoms with Gasteiger partial charge in [0.1, 0.15) is 5.69 Å². The maximum Gasteiger partial charge on any atom is 0.339 e. The van der Waals surface area contributed by atoms with Crippen LogP contribution < -0.4 is 10.0 Å². The van der Waals surface area contributed by atoms with Crippen molar-refractivity contribution in [3.05, 3.63) is 53.3 Å². The molecule has 0 aliphatic carbocycles. The summed E-state index contributed by atoms with van der Waals surface area (Å²) < 4.78 is 32.5. The van der Waals surface area contributed by atoms with E-state index in [1.807, 2.05) is 0 Å². The van der Waals surface area contributed by atoms with Gasteiger partial charge in [0.15, 0.2) is 0 Å². The smallest absolute Gasteiger partial charge is 0.339 e. The number of sulfonamides is 1. The number of ether oxygens (including phenoxy) is 1. The molecule has 0 aliphatic rings. The van der Waals surface area contributed by atoms with Gasteiger partial charge in [0.05, 0.1) is 22.8 Å². The second kappa shape index (κ2) is 8.71. The fourth-order valence-electron chi connectivity index (χ4n) is 2.51. The largest absolute Gasteiger partial charge is 0.462 e. The molecule has 8 nitrogen and oxygen atoms in total. The topological polar surface area (TPSA) is 114 Å². The van der Waals surface area contributed by atoms with Crippen LogP contribution in [-0.2, 0) is 14.8 Å². The fourth-order valence-corrected chi connectivity index (χ4v) is 3.97. The van der Waals surface area contributed by atoms with Crippen LogP contribution in [0.3, 0.4) is 0 Å². The second-order valence-corrected chi connectivity index (χ2v) is 9.07. The zero-order valence-corrected chi connectivity index (χ0v) is 17.9. The van der Waals surface area contributed by atoms with Crippen LogP contribution in [0.4, 0.5) is 5.69 Å². The SMILES string of the molecule is CCOC(=O)c1ccc(C(=O)Nc2cccc(S(=O)(=O)NC(C)(C)C)c2)nc1C. The highest BCUT2D eigenvalue weighted by Crippen LogP contribution is 2.18. The number of aryl methyl sites for hydroxylation is 1. The van der Waals surface area contributed by atoms with E-state index in [1.165, 1.54) is 30.3 Å². The Kier molecular flexibility index (Phi) is 6.76. The van der Waals surface area contributed by atoms with Crippen molar-refractivity contribution in [2.75, 3.05) is 11.9 Å². The van der Waals surface area contributed by atoms with Crippen LogP contribution in [-0.4, -0.2) is 37.4 Å². The normalized spacial score (nSPS) is 11.8. The van der Waals surface area contributed by atoms with Gasteiger partial charge in [-0.2, -0.15) is 0 Å². The van der Waals surface area contributed by atoms with Crippen LogP contribution in [0.25, 0.3) is 0 Å². The second-order valence-electron chi connectivity index (χ2n) is 7.39. The molecule has 0 atom stereocenters. The van der Waals surface area contributed by atoms with Crippen molar-refractivity contribution in [1.29, 1.82) is 0 Å². The van der Waals surface area contributed by atoms with Crippen LogP contribution in [0.2, 0.25) is 0 Å². The highest BCUT2D eigenvalue weighted by atomic mass is 32.2. The van der Waals surface area contributed by atoms with Crippen LogP contribution in [0, 0.1) is 6.92 Å². The van der Waals surface area contributed by atoms with Gasteiger partial charge in [-0.25, -0.2) is 22.9 Å². The molecule has 0 saturated heterocycles. The van der Waals surface area contributed by atoms with Crippen molar-refractivity contribution in [3.8, 4) is 0 Å². The molecule has 9 heteroatoms. The average Bonchev–Trinajstić information content (AvgIpc) is 2.60. The van der Waals surface area contributed by atoms with Crippen molar-refractivity contribution in [3.63, 3.8) is 0 Å². The first-order valence-electron chi connectivity index (χ1n) is 9.03. The number of esters is 1. The van der Waals surface area contributed by atoms with Gasteiger partial charge in [-0.05, 0) is 65.0 Å². The minimum Gasteiger partial charge on any atom is -0.462 e. The summed E-state index contributed by atoms with van der Waals surface area (Å²) in [5, 5.41) is 2.62. The third-order valence-corrected chi connectivity index (χ3v) is 5.41. The zero-order valence-electron chi connectivity index (χ0n) is 17.1. The Morgan fingerprint density at radius 3 is 2.41 bits per heavy atom. The number of pyridine rings is 1. The Balaban J connectivity index is 2.22. The number of hydrogen-bond donors (Lipinski definition) is 2. The van der Waals surface area contributed by atoms with E-state index in [4.69, 9.17) is 4.74 Å². The van der Waals surface area contributed by atoms with Crippen molar-refractivity contribution in [2.45, 2.75) is 45.1 Å². The zero-order chi connectivity index (χ0) is 21.8. The molecule has 156 valence electrons. The molecule has 1 amide bonds. The number of nitrogens with zero attached hydrogens (tertiary/aromatic N) is 1. The summed E-state index contributed by atoms with van der Waals surface area (Å²) in [6.45, 7) is 8.77. The summed E-state index contributed by atoms with van der Waals surface area (Å²) in [5.41, 5.74) is 0.407. The fraction of sp³-hybridized carbons (Fsp3) is 0.350. The summed E-state index contributed by atoms with van der Waals surface area (Å²) in [4.78, 5) is 28.5. The average molecular weight is 420 g/mol. The van der Waals surface area contributed by atoms with Crippen molar-refractivity contribution in [2.24, 2.45) is 0 Å². The van der Waals surface area contributed by atoms with Gasteiger partial charge < -0.3 is 10.1 Å². The molecule has 1 aromatic heterocycles. The van der Waals surface area contributed by atoms with Crippen LogP contribution >= 0.6 is 0 Å². The minimum atomic E-state index is -3.74. The molecule has 0 spiro atoms. The molecule has 1 heterocycles. The molecule has 0 aliphatic heterocycles. The number of benzene rings is 1. The van der Waals surface area contributed by atoms with Gasteiger partial charge in [-0.3, -0.25) is 4.79 Å². The third kappa shape index (κ3) is 6.10. The lowest BCUT2D eigenvalue weighted by molar-refractivity contribution is 0.0524. The molecule has 0 fully saturated rings. The number of hydrogen-bond acceptors (Lipinski definition) is 6. The Morgan fingerprint density at radius 1 is 1.14 bits per heavy atom. The lowest BCUT2D eigenvalue weighted by Crippen LogP contribution is -2.40. The van der Waals surface area contributed by atoms with Crippen molar-refractivity contribution >= 4 is 27.6 Å². The van der Waals surface area contributed by atoms with E-state index in [0.717, 1.165) is 0 Å². The monoisotopic (exact) mass is 419 g/mol. The Labute approximate surface area is 170 Å². The third-order valence-electron chi connectivity index (χ3n) is 3.66. The number of carbonyl (C=O) groups is 2. The molecule has 0 unspecified atom stereocenters. The predicted octanol–water partition coefficient (Wildman–Crippen LogP) is 2.90. The minimum absolute atomic E-state index is 0.0343. The number of anilines is 1. The molecular formula is C20H25N3O5S. The lowest BCUT2D eigenvalue weighted by Gasteiger charge is -2.20. The van der Waals surface area contributed by atoms with Crippen molar-refractivity contribution in [1.82, 2.24) is 9.71 Å². The van der Waals surface area contributed by atoms with Crippen LogP contribution in [0.15, 0.2) is 41.3 Å². The van der Waals surface area contributed by atoms with Gasteiger partial charge in [-0.15, -0.1) is 0 Å². The number of carbonyl (C=O) groups excluding carboxylic acids is 2. The quantitative estimate of drug-likeness (QED) is 0.696. The van der Waals surface area contributed by atoms with E-state index in [9.17, 15) is 18.0 Å². The number of nitrogens with one attached hydrogen (secondary N) is 2.